The summed E-state index contributed by atoms with van der Waals surface area (Å²) in [5.74, 6) is -2.17. The molecule has 20 heavy (non-hydrogen) atoms. The topological polar surface area (TPSA) is 52.9 Å². The monoisotopic (exact) mass is 336 g/mol. The number of anilines is 1. The van der Waals surface area contributed by atoms with Gasteiger partial charge in [-0.25, -0.2) is 8.78 Å². The summed E-state index contributed by atoms with van der Waals surface area (Å²) < 4.78 is 26.6. The summed E-state index contributed by atoms with van der Waals surface area (Å²) in [5.41, 5.74) is 0.550. The highest BCUT2D eigenvalue weighted by atomic mass is 79.9. The van der Waals surface area contributed by atoms with Gasteiger partial charge in [0.25, 0.3) is 5.91 Å². The Bertz CT molecular complexity index is 708. The van der Waals surface area contributed by atoms with Gasteiger partial charge in [0.1, 0.15) is 11.6 Å². The molecule has 0 aliphatic carbocycles. The number of rotatable bonds is 2. The molecule has 2 aromatic rings. The number of hydrogen-bond donors (Lipinski definition) is 1. The molecule has 100 valence electrons. The van der Waals surface area contributed by atoms with E-state index in [9.17, 15) is 13.6 Å². The van der Waals surface area contributed by atoms with E-state index in [0.717, 1.165) is 6.07 Å². The number of nitrogens with one attached hydrogen (secondary N) is 1. The lowest BCUT2D eigenvalue weighted by Gasteiger charge is -2.07. The summed E-state index contributed by atoms with van der Waals surface area (Å²) in [5, 5.41) is 11.0. The first kappa shape index (κ1) is 14.2. The number of carbonyl (C=O) groups excluding carboxylic acids is 1. The molecule has 2 aromatic carbocycles. The van der Waals surface area contributed by atoms with Crippen LogP contribution in [0, 0.1) is 23.0 Å². The van der Waals surface area contributed by atoms with E-state index in [1.54, 1.807) is 0 Å². The van der Waals surface area contributed by atoms with Crippen LogP contribution in [0.15, 0.2) is 40.9 Å². The van der Waals surface area contributed by atoms with Crippen LogP contribution in [0.25, 0.3) is 0 Å². The van der Waals surface area contributed by atoms with E-state index in [1.807, 2.05) is 6.07 Å². The molecule has 1 N–H and O–H groups in total. The number of halogens is 3. The summed E-state index contributed by atoms with van der Waals surface area (Å²) >= 11 is 2.92. The van der Waals surface area contributed by atoms with Crippen LogP contribution >= 0.6 is 15.9 Å². The molecule has 0 bridgehead atoms. The van der Waals surface area contributed by atoms with Crippen molar-refractivity contribution in [3.8, 4) is 6.07 Å². The highest BCUT2D eigenvalue weighted by molar-refractivity contribution is 9.10. The van der Waals surface area contributed by atoms with Crippen molar-refractivity contribution < 1.29 is 13.6 Å². The minimum absolute atomic E-state index is 0.0500. The first-order valence-corrected chi connectivity index (χ1v) is 6.26. The first-order chi connectivity index (χ1) is 9.51. The average Bonchev–Trinajstić information content (AvgIpc) is 2.44. The molecule has 0 aromatic heterocycles. The Morgan fingerprint density at radius 3 is 2.40 bits per heavy atom. The number of benzene rings is 2. The second-order valence-corrected chi connectivity index (χ2v) is 4.74. The molecule has 0 spiro atoms. The number of nitrogens with zero attached hydrogens (tertiary/aromatic N) is 1. The first-order valence-electron chi connectivity index (χ1n) is 5.47. The lowest BCUT2D eigenvalue weighted by atomic mass is 10.1. The predicted octanol–water partition coefficient (Wildman–Crippen LogP) is 3.85. The maximum Gasteiger partial charge on any atom is 0.255 e. The van der Waals surface area contributed by atoms with Gasteiger partial charge in [-0.3, -0.25) is 4.79 Å². The Hall–Kier alpha value is -2.26. The van der Waals surface area contributed by atoms with Crippen LogP contribution in [-0.2, 0) is 0 Å². The van der Waals surface area contributed by atoms with Crippen molar-refractivity contribution in [2.45, 2.75) is 0 Å². The Balaban J connectivity index is 2.23. The van der Waals surface area contributed by atoms with Gasteiger partial charge in [-0.05, 0) is 46.3 Å². The van der Waals surface area contributed by atoms with Crippen LogP contribution < -0.4 is 5.32 Å². The van der Waals surface area contributed by atoms with E-state index < -0.39 is 17.5 Å². The van der Waals surface area contributed by atoms with Gasteiger partial charge in [-0.15, -0.1) is 0 Å². The Morgan fingerprint density at radius 1 is 1.15 bits per heavy atom. The number of amides is 1. The van der Waals surface area contributed by atoms with E-state index in [4.69, 9.17) is 5.26 Å². The van der Waals surface area contributed by atoms with Crippen molar-refractivity contribution in [3.05, 3.63) is 63.6 Å². The lowest BCUT2D eigenvalue weighted by molar-refractivity contribution is 0.102. The minimum atomic E-state index is -0.868. The third-order valence-corrected chi connectivity index (χ3v) is 3.14. The van der Waals surface area contributed by atoms with Crippen molar-refractivity contribution in [2.75, 3.05) is 5.32 Å². The van der Waals surface area contributed by atoms with Crippen molar-refractivity contribution in [3.63, 3.8) is 0 Å². The van der Waals surface area contributed by atoms with Gasteiger partial charge in [0, 0.05) is 11.6 Å². The van der Waals surface area contributed by atoms with Crippen molar-refractivity contribution in [1.82, 2.24) is 0 Å². The maximum atomic E-state index is 13.5. The Labute approximate surface area is 122 Å². The molecule has 0 radical (unpaired) electrons. The smallest absolute Gasteiger partial charge is 0.255 e. The lowest BCUT2D eigenvalue weighted by Crippen LogP contribution is -2.13. The fourth-order valence-corrected chi connectivity index (χ4v) is 1.85. The van der Waals surface area contributed by atoms with Crippen LogP contribution in [0.5, 0.6) is 0 Å². The van der Waals surface area contributed by atoms with Crippen molar-refractivity contribution in [1.29, 1.82) is 5.26 Å². The number of carbonyl (C=O) groups is 1. The van der Waals surface area contributed by atoms with Crippen molar-refractivity contribution >= 4 is 27.5 Å². The molecule has 0 fully saturated rings. The molecule has 1 amide bonds. The zero-order valence-electron chi connectivity index (χ0n) is 9.95. The van der Waals surface area contributed by atoms with Gasteiger partial charge in [-0.2, -0.15) is 5.26 Å². The molecule has 3 nitrogen and oxygen atoms in total. The highest BCUT2D eigenvalue weighted by Gasteiger charge is 2.12. The summed E-state index contributed by atoms with van der Waals surface area (Å²) in [4.78, 5) is 11.9. The van der Waals surface area contributed by atoms with Crippen molar-refractivity contribution in [2.24, 2.45) is 0 Å². The van der Waals surface area contributed by atoms with Crippen LogP contribution in [0.2, 0.25) is 0 Å². The van der Waals surface area contributed by atoms with E-state index in [0.29, 0.717) is 11.6 Å². The zero-order chi connectivity index (χ0) is 14.7. The Morgan fingerprint density at radius 2 is 1.80 bits per heavy atom. The summed E-state index contributed by atoms with van der Waals surface area (Å²) in [6, 6.07) is 9.60. The van der Waals surface area contributed by atoms with Gasteiger partial charge in [0.15, 0.2) is 0 Å². The third-order valence-electron chi connectivity index (χ3n) is 2.53. The standard InChI is InChI=1S/C14H7BrF2N2O/c15-10-5-13(12(17)6-11(10)16)19-14(20)9-3-1-8(7-18)2-4-9/h1-6H,(H,19,20). The molecule has 6 heteroatoms. The quantitative estimate of drug-likeness (QED) is 0.847. The van der Waals surface area contributed by atoms with Crippen LogP contribution in [0.4, 0.5) is 14.5 Å². The van der Waals surface area contributed by atoms with E-state index in [-0.39, 0.29) is 15.7 Å². The molecule has 0 saturated heterocycles. The molecular weight excluding hydrogens is 330 g/mol. The molecule has 0 aliphatic heterocycles. The molecule has 0 atom stereocenters. The molecular formula is C14H7BrF2N2O. The SMILES string of the molecule is N#Cc1ccc(C(=O)Nc2cc(Br)c(F)cc2F)cc1. The van der Waals surface area contributed by atoms with Gasteiger partial charge >= 0.3 is 0 Å². The van der Waals surface area contributed by atoms with Crippen LogP contribution in [0.1, 0.15) is 15.9 Å². The van der Waals surface area contributed by atoms with Gasteiger partial charge in [0.05, 0.1) is 21.8 Å². The number of hydrogen-bond acceptors (Lipinski definition) is 2. The van der Waals surface area contributed by atoms with Crippen LogP contribution in [0.3, 0.4) is 0 Å². The third kappa shape index (κ3) is 3.00. The van der Waals surface area contributed by atoms with E-state index in [1.165, 1.54) is 24.3 Å². The summed E-state index contributed by atoms with van der Waals surface area (Å²) in [6.07, 6.45) is 0. The van der Waals surface area contributed by atoms with E-state index >= 15 is 0 Å². The molecule has 0 aliphatic rings. The molecule has 2 rings (SSSR count). The zero-order valence-corrected chi connectivity index (χ0v) is 11.5. The highest BCUT2D eigenvalue weighted by Crippen LogP contribution is 2.24. The molecule has 0 unspecified atom stereocenters. The fourth-order valence-electron chi connectivity index (χ4n) is 1.51. The molecule has 0 saturated carbocycles. The Kier molecular flexibility index (Phi) is 4.11. The van der Waals surface area contributed by atoms with Gasteiger partial charge < -0.3 is 5.32 Å². The average molecular weight is 337 g/mol. The largest absolute Gasteiger partial charge is 0.319 e. The molecule has 0 heterocycles. The van der Waals surface area contributed by atoms with Gasteiger partial charge in [0.2, 0.25) is 0 Å². The van der Waals surface area contributed by atoms with E-state index in [2.05, 4.69) is 21.2 Å². The maximum absolute atomic E-state index is 13.5. The normalized spacial score (nSPS) is 9.90. The second-order valence-electron chi connectivity index (χ2n) is 3.89. The summed E-state index contributed by atoms with van der Waals surface area (Å²) in [7, 11) is 0. The number of nitriles is 1. The van der Waals surface area contributed by atoms with Crippen LogP contribution in [-0.4, -0.2) is 5.91 Å². The predicted molar refractivity (Wildman–Crippen MR) is 73.2 cm³/mol. The fraction of sp³-hybridized carbons (Fsp3) is 0. The second kappa shape index (κ2) is 5.80. The summed E-state index contributed by atoms with van der Waals surface area (Å²) in [6.45, 7) is 0. The van der Waals surface area contributed by atoms with Gasteiger partial charge in [-0.1, -0.05) is 0 Å². The minimum Gasteiger partial charge on any atom is -0.319 e.